The summed E-state index contributed by atoms with van der Waals surface area (Å²) < 4.78 is 39.6. The Balaban J connectivity index is 1.99. The molecule has 1 N–H and O–H groups in total. The fourth-order valence-corrected chi connectivity index (χ4v) is 4.18. The van der Waals surface area contributed by atoms with E-state index in [1.54, 1.807) is 4.90 Å². The minimum atomic E-state index is -3.65. The first-order valence-corrected chi connectivity index (χ1v) is 9.57. The summed E-state index contributed by atoms with van der Waals surface area (Å²) in [7, 11) is -1.81. The minimum absolute atomic E-state index is 0.0614. The first-order chi connectivity index (χ1) is 11.4. The molecule has 1 aromatic rings. The van der Waals surface area contributed by atoms with Crippen molar-refractivity contribution in [1.29, 1.82) is 0 Å². The van der Waals surface area contributed by atoms with E-state index in [0.717, 1.165) is 25.1 Å². The summed E-state index contributed by atoms with van der Waals surface area (Å²) in [5, 5.41) is 3.00. The molecule has 1 amide bonds. The molecule has 8 heteroatoms. The van der Waals surface area contributed by atoms with Crippen LogP contribution in [-0.2, 0) is 14.8 Å². The van der Waals surface area contributed by atoms with Crippen molar-refractivity contribution in [2.75, 3.05) is 39.8 Å². The van der Waals surface area contributed by atoms with Crippen molar-refractivity contribution >= 4 is 15.9 Å². The lowest BCUT2D eigenvalue weighted by atomic mass is 10.2. The van der Waals surface area contributed by atoms with Crippen LogP contribution in [0.5, 0.6) is 0 Å². The second kappa shape index (κ2) is 8.55. The van der Waals surface area contributed by atoms with Gasteiger partial charge in [-0.1, -0.05) is 0 Å². The second-order valence-corrected chi connectivity index (χ2v) is 7.74. The van der Waals surface area contributed by atoms with Crippen molar-refractivity contribution in [1.82, 2.24) is 14.5 Å². The zero-order valence-corrected chi connectivity index (χ0v) is 14.7. The molecule has 2 rings (SSSR count). The van der Waals surface area contributed by atoms with Crippen LogP contribution in [-0.4, -0.2) is 63.3 Å². The summed E-state index contributed by atoms with van der Waals surface area (Å²) in [5.74, 6) is -0.408. The highest BCUT2D eigenvalue weighted by molar-refractivity contribution is 7.89. The van der Waals surface area contributed by atoms with Crippen LogP contribution in [0.25, 0.3) is 0 Å². The molecule has 1 aliphatic heterocycles. The smallest absolute Gasteiger partial charge is 0.243 e. The zero-order valence-electron chi connectivity index (χ0n) is 13.9. The lowest BCUT2D eigenvalue weighted by Gasteiger charge is -2.22. The van der Waals surface area contributed by atoms with E-state index >= 15 is 0 Å². The van der Waals surface area contributed by atoms with Gasteiger partial charge < -0.3 is 10.2 Å². The van der Waals surface area contributed by atoms with Crippen molar-refractivity contribution < 1.29 is 17.6 Å². The first-order valence-electron chi connectivity index (χ1n) is 8.13. The molecule has 0 saturated carbocycles. The Morgan fingerprint density at radius 3 is 2.54 bits per heavy atom. The number of carbonyl (C=O) groups is 1. The van der Waals surface area contributed by atoms with Crippen molar-refractivity contribution in [2.24, 2.45) is 0 Å². The number of sulfonamides is 1. The van der Waals surface area contributed by atoms with Gasteiger partial charge in [0.2, 0.25) is 15.9 Å². The number of carbonyl (C=O) groups excluding carboxylic acids is 1. The van der Waals surface area contributed by atoms with Gasteiger partial charge in [0.1, 0.15) is 5.82 Å². The topological polar surface area (TPSA) is 69.7 Å². The zero-order chi connectivity index (χ0) is 17.6. The molecule has 0 radical (unpaired) electrons. The molecule has 0 unspecified atom stereocenters. The quantitative estimate of drug-likeness (QED) is 0.773. The summed E-state index contributed by atoms with van der Waals surface area (Å²) >= 11 is 0. The van der Waals surface area contributed by atoms with E-state index in [0.29, 0.717) is 32.5 Å². The van der Waals surface area contributed by atoms with Gasteiger partial charge in [0.25, 0.3) is 0 Å². The predicted molar refractivity (Wildman–Crippen MR) is 89.5 cm³/mol. The van der Waals surface area contributed by atoms with Crippen LogP contribution in [0.2, 0.25) is 0 Å². The Kier molecular flexibility index (Phi) is 6.70. The van der Waals surface area contributed by atoms with E-state index in [1.807, 2.05) is 7.05 Å². The molecule has 134 valence electrons. The summed E-state index contributed by atoms with van der Waals surface area (Å²) in [5.41, 5.74) is 0. The predicted octanol–water partition coefficient (Wildman–Crippen LogP) is 1.05. The number of rotatable bonds is 6. The van der Waals surface area contributed by atoms with Gasteiger partial charge in [-0.3, -0.25) is 4.79 Å². The van der Waals surface area contributed by atoms with E-state index in [1.165, 1.54) is 16.4 Å². The molecule has 1 fully saturated rings. The van der Waals surface area contributed by atoms with Crippen molar-refractivity contribution in [3.05, 3.63) is 30.1 Å². The molecule has 0 aromatic heterocycles. The van der Waals surface area contributed by atoms with Crippen molar-refractivity contribution in [2.45, 2.75) is 24.2 Å². The third kappa shape index (κ3) is 4.75. The standard InChI is InChI=1S/C16H24FN3O3S/c1-18-9-2-4-16(21)19-10-3-11-20(13-12-19)24(22,23)15-7-5-14(17)6-8-15/h5-8,18H,2-4,9-13H2,1H3. The number of amides is 1. The highest BCUT2D eigenvalue weighted by atomic mass is 32.2. The Morgan fingerprint density at radius 1 is 1.17 bits per heavy atom. The molecule has 1 aliphatic rings. The van der Waals surface area contributed by atoms with Crippen LogP contribution in [0.3, 0.4) is 0 Å². The summed E-state index contributed by atoms with van der Waals surface area (Å²) in [6.07, 6.45) is 1.83. The second-order valence-electron chi connectivity index (χ2n) is 5.80. The molecule has 24 heavy (non-hydrogen) atoms. The number of halogens is 1. The van der Waals surface area contributed by atoms with Gasteiger partial charge >= 0.3 is 0 Å². The number of nitrogens with one attached hydrogen (secondary N) is 1. The Labute approximate surface area is 142 Å². The minimum Gasteiger partial charge on any atom is -0.341 e. The third-order valence-corrected chi connectivity index (χ3v) is 5.99. The molecule has 0 bridgehead atoms. The van der Waals surface area contributed by atoms with Crippen LogP contribution >= 0.6 is 0 Å². The van der Waals surface area contributed by atoms with Gasteiger partial charge in [-0.2, -0.15) is 4.31 Å². The first kappa shape index (κ1) is 18.8. The molecule has 0 aliphatic carbocycles. The van der Waals surface area contributed by atoms with Gasteiger partial charge in [0.05, 0.1) is 4.90 Å². The highest BCUT2D eigenvalue weighted by Crippen LogP contribution is 2.18. The molecule has 6 nitrogen and oxygen atoms in total. The normalized spacial score (nSPS) is 16.8. The molecule has 0 atom stereocenters. The largest absolute Gasteiger partial charge is 0.341 e. The van der Waals surface area contributed by atoms with Gasteiger partial charge in [0.15, 0.2) is 0 Å². The van der Waals surface area contributed by atoms with Crippen LogP contribution in [0.4, 0.5) is 4.39 Å². The maximum Gasteiger partial charge on any atom is 0.243 e. The van der Waals surface area contributed by atoms with Crippen LogP contribution in [0, 0.1) is 5.82 Å². The Hall–Kier alpha value is -1.51. The average Bonchev–Trinajstić information content (AvgIpc) is 2.82. The maximum atomic E-state index is 13.0. The fourth-order valence-electron chi connectivity index (χ4n) is 2.71. The van der Waals surface area contributed by atoms with Gasteiger partial charge in [-0.05, 0) is 50.7 Å². The third-order valence-electron chi connectivity index (χ3n) is 4.08. The van der Waals surface area contributed by atoms with Crippen LogP contribution < -0.4 is 5.32 Å². The Morgan fingerprint density at radius 2 is 1.88 bits per heavy atom. The van der Waals surface area contributed by atoms with Crippen LogP contribution in [0.1, 0.15) is 19.3 Å². The summed E-state index contributed by atoms with van der Waals surface area (Å²) in [6, 6.07) is 4.83. The van der Waals surface area contributed by atoms with Gasteiger partial charge in [-0.25, -0.2) is 12.8 Å². The average molecular weight is 357 g/mol. The molecule has 1 heterocycles. The van der Waals surface area contributed by atoms with Crippen molar-refractivity contribution in [3.8, 4) is 0 Å². The molecule has 0 spiro atoms. The van der Waals surface area contributed by atoms with E-state index in [-0.39, 0.29) is 17.3 Å². The number of nitrogens with zero attached hydrogens (tertiary/aromatic N) is 2. The van der Waals surface area contributed by atoms with Crippen molar-refractivity contribution in [3.63, 3.8) is 0 Å². The van der Waals surface area contributed by atoms with E-state index < -0.39 is 15.8 Å². The summed E-state index contributed by atoms with van der Waals surface area (Å²) in [4.78, 5) is 14.0. The summed E-state index contributed by atoms with van der Waals surface area (Å²) in [6.45, 7) is 2.36. The lowest BCUT2D eigenvalue weighted by Crippen LogP contribution is -2.37. The lowest BCUT2D eigenvalue weighted by molar-refractivity contribution is -0.131. The van der Waals surface area contributed by atoms with Crippen LogP contribution in [0.15, 0.2) is 29.2 Å². The van der Waals surface area contributed by atoms with E-state index in [2.05, 4.69) is 5.32 Å². The number of benzene rings is 1. The van der Waals surface area contributed by atoms with E-state index in [9.17, 15) is 17.6 Å². The molecule has 1 aromatic carbocycles. The van der Waals surface area contributed by atoms with E-state index in [4.69, 9.17) is 0 Å². The number of hydrogen-bond donors (Lipinski definition) is 1. The molecule has 1 saturated heterocycles. The number of hydrogen-bond acceptors (Lipinski definition) is 4. The van der Waals surface area contributed by atoms with Gasteiger partial charge in [-0.15, -0.1) is 0 Å². The monoisotopic (exact) mass is 357 g/mol. The highest BCUT2D eigenvalue weighted by Gasteiger charge is 2.28. The fraction of sp³-hybridized carbons (Fsp3) is 0.562. The Bertz CT molecular complexity index is 649. The SMILES string of the molecule is CNCCCC(=O)N1CCCN(S(=O)(=O)c2ccc(F)cc2)CC1. The van der Waals surface area contributed by atoms with Gasteiger partial charge in [0, 0.05) is 32.6 Å². The maximum absolute atomic E-state index is 13.0. The molecular weight excluding hydrogens is 333 g/mol. The molecular formula is C16H24FN3O3S.